The molecule has 1 amide bonds. The Morgan fingerprint density at radius 1 is 1.41 bits per heavy atom. The molecule has 1 unspecified atom stereocenters. The predicted molar refractivity (Wildman–Crippen MR) is 89.2 cm³/mol. The van der Waals surface area contributed by atoms with E-state index in [0.717, 1.165) is 49.0 Å². The topological polar surface area (TPSA) is 64.3 Å². The first-order chi connectivity index (χ1) is 10.5. The molecule has 0 bridgehead atoms. The van der Waals surface area contributed by atoms with E-state index in [9.17, 15) is 4.79 Å². The molecule has 1 fully saturated rings. The first-order valence-corrected chi connectivity index (χ1v) is 8.18. The summed E-state index contributed by atoms with van der Waals surface area (Å²) in [6, 6.07) is 6.27. The molecule has 0 heterocycles. The second kappa shape index (κ2) is 7.14. The number of nitrogens with two attached hydrogens (primary N) is 1. The number of ether oxygens (including phenoxy) is 1. The number of benzene rings is 1. The third kappa shape index (κ3) is 3.43. The Kier molecular flexibility index (Phi) is 5.46. The van der Waals surface area contributed by atoms with Gasteiger partial charge >= 0.3 is 0 Å². The fourth-order valence-electron chi connectivity index (χ4n) is 3.33. The molecule has 1 saturated carbocycles. The molecule has 1 aromatic rings. The van der Waals surface area contributed by atoms with Gasteiger partial charge in [0.2, 0.25) is 5.91 Å². The molecule has 3 N–H and O–H groups in total. The van der Waals surface area contributed by atoms with Crippen molar-refractivity contribution in [2.45, 2.75) is 57.4 Å². The number of carbonyl (C=O) groups is 1. The minimum Gasteiger partial charge on any atom is -0.496 e. The second-order valence-corrected chi connectivity index (χ2v) is 6.50. The molecule has 122 valence electrons. The number of hydrogen-bond donors (Lipinski definition) is 2. The van der Waals surface area contributed by atoms with Gasteiger partial charge in [-0.1, -0.05) is 25.0 Å². The van der Waals surface area contributed by atoms with Crippen molar-refractivity contribution < 1.29 is 9.53 Å². The van der Waals surface area contributed by atoms with Crippen molar-refractivity contribution in [1.82, 2.24) is 5.32 Å². The number of methoxy groups -OCH3 is 1. The Bertz CT molecular complexity index is 520. The van der Waals surface area contributed by atoms with Crippen LogP contribution in [-0.2, 0) is 10.2 Å². The molecule has 0 spiro atoms. The number of carbonyl (C=O) groups excluding carboxylic acids is 1. The lowest BCUT2D eigenvalue weighted by molar-refractivity contribution is -0.126. The Hall–Kier alpha value is -1.55. The van der Waals surface area contributed by atoms with Crippen LogP contribution in [0.2, 0.25) is 0 Å². The van der Waals surface area contributed by atoms with Crippen molar-refractivity contribution in [3.63, 3.8) is 0 Å². The first kappa shape index (κ1) is 16.8. The molecule has 2 rings (SSSR count). The van der Waals surface area contributed by atoms with Gasteiger partial charge in [-0.05, 0) is 50.3 Å². The molecular weight excluding hydrogens is 276 g/mol. The lowest BCUT2D eigenvalue weighted by Gasteiger charge is -2.29. The van der Waals surface area contributed by atoms with Crippen LogP contribution in [0.3, 0.4) is 0 Å². The van der Waals surface area contributed by atoms with E-state index < -0.39 is 5.41 Å². The highest BCUT2D eigenvalue weighted by molar-refractivity contribution is 5.88. The molecule has 22 heavy (non-hydrogen) atoms. The largest absolute Gasteiger partial charge is 0.496 e. The summed E-state index contributed by atoms with van der Waals surface area (Å²) in [6.07, 6.45) is 4.80. The maximum Gasteiger partial charge on any atom is 0.230 e. The van der Waals surface area contributed by atoms with Gasteiger partial charge in [0.05, 0.1) is 12.5 Å². The Balaban J connectivity index is 2.22. The monoisotopic (exact) mass is 304 g/mol. The number of amides is 1. The van der Waals surface area contributed by atoms with Crippen LogP contribution >= 0.6 is 0 Å². The van der Waals surface area contributed by atoms with Crippen LogP contribution in [0.15, 0.2) is 18.2 Å². The van der Waals surface area contributed by atoms with Gasteiger partial charge in [0.1, 0.15) is 5.75 Å². The van der Waals surface area contributed by atoms with Crippen molar-refractivity contribution >= 4 is 5.91 Å². The molecule has 0 aliphatic heterocycles. The highest BCUT2D eigenvalue weighted by atomic mass is 16.5. The summed E-state index contributed by atoms with van der Waals surface area (Å²) in [7, 11) is 1.68. The van der Waals surface area contributed by atoms with E-state index in [4.69, 9.17) is 10.5 Å². The van der Waals surface area contributed by atoms with E-state index in [1.165, 1.54) is 0 Å². The average Bonchev–Trinajstić information content (AvgIpc) is 2.98. The molecule has 1 atom stereocenters. The molecule has 4 heteroatoms. The molecule has 0 radical (unpaired) electrons. The fourth-order valence-corrected chi connectivity index (χ4v) is 3.33. The molecule has 1 aliphatic rings. The van der Waals surface area contributed by atoms with Gasteiger partial charge in [0.15, 0.2) is 0 Å². The van der Waals surface area contributed by atoms with Crippen LogP contribution < -0.4 is 15.8 Å². The van der Waals surface area contributed by atoms with E-state index in [2.05, 4.69) is 11.4 Å². The smallest absolute Gasteiger partial charge is 0.230 e. The van der Waals surface area contributed by atoms with Gasteiger partial charge in [-0.3, -0.25) is 4.79 Å². The second-order valence-electron chi connectivity index (χ2n) is 6.50. The standard InChI is InChI=1S/C18H28N2O2/c1-13-6-7-15(12-16(13)22-3)18(9-4-5-10-18)17(21)20-11-8-14(2)19/h6-7,12,14H,4-5,8-11,19H2,1-3H3,(H,20,21). The Morgan fingerprint density at radius 3 is 2.68 bits per heavy atom. The average molecular weight is 304 g/mol. The van der Waals surface area contributed by atoms with Gasteiger partial charge < -0.3 is 15.8 Å². The lowest BCUT2D eigenvalue weighted by atomic mass is 9.77. The van der Waals surface area contributed by atoms with Crippen LogP contribution in [0, 0.1) is 6.92 Å². The molecule has 1 aromatic carbocycles. The molecule has 1 aliphatic carbocycles. The first-order valence-electron chi connectivity index (χ1n) is 8.18. The summed E-state index contributed by atoms with van der Waals surface area (Å²) in [5.41, 5.74) is 7.53. The quantitative estimate of drug-likeness (QED) is 0.849. The SMILES string of the molecule is COc1cc(C2(C(=O)NCCC(C)N)CCCC2)ccc1C. The zero-order valence-corrected chi connectivity index (χ0v) is 13.9. The van der Waals surface area contributed by atoms with Gasteiger partial charge in [-0.25, -0.2) is 0 Å². The maximum atomic E-state index is 12.8. The summed E-state index contributed by atoms with van der Waals surface area (Å²) in [4.78, 5) is 12.8. The van der Waals surface area contributed by atoms with Crippen molar-refractivity contribution in [2.75, 3.05) is 13.7 Å². The minimum atomic E-state index is -0.404. The van der Waals surface area contributed by atoms with Crippen molar-refractivity contribution in [3.05, 3.63) is 29.3 Å². The van der Waals surface area contributed by atoms with E-state index in [1.54, 1.807) is 7.11 Å². The summed E-state index contributed by atoms with van der Waals surface area (Å²) in [5, 5.41) is 3.09. The number of nitrogens with one attached hydrogen (secondary N) is 1. The third-order valence-electron chi connectivity index (χ3n) is 4.74. The Labute approximate surface area is 133 Å². The normalized spacial score (nSPS) is 18.0. The number of rotatable bonds is 6. The highest BCUT2D eigenvalue weighted by Gasteiger charge is 2.42. The van der Waals surface area contributed by atoms with E-state index >= 15 is 0 Å². The maximum absolute atomic E-state index is 12.8. The van der Waals surface area contributed by atoms with Crippen LogP contribution in [0.25, 0.3) is 0 Å². The fraction of sp³-hybridized carbons (Fsp3) is 0.611. The van der Waals surface area contributed by atoms with Crippen molar-refractivity contribution in [1.29, 1.82) is 0 Å². The summed E-state index contributed by atoms with van der Waals surface area (Å²) < 4.78 is 5.43. The molecule has 0 aromatic heterocycles. The van der Waals surface area contributed by atoms with Crippen LogP contribution in [-0.4, -0.2) is 25.6 Å². The Morgan fingerprint density at radius 2 is 2.09 bits per heavy atom. The van der Waals surface area contributed by atoms with E-state index in [1.807, 2.05) is 26.0 Å². The zero-order valence-electron chi connectivity index (χ0n) is 13.9. The lowest BCUT2D eigenvalue weighted by Crippen LogP contribution is -2.43. The van der Waals surface area contributed by atoms with Crippen LogP contribution in [0.5, 0.6) is 5.75 Å². The summed E-state index contributed by atoms with van der Waals surface area (Å²) in [6.45, 7) is 4.62. The zero-order chi connectivity index (χ0) is 16.2. The van der Waals surface area contributed by atoms with Gasteiger partial charge in [0.25, 0.3) is 0 Å². The molecule has 0 saturated heterocycles. The van der Waals surface area contributed by atoms with Crippen molar-refractivity contribution in [2.24, 2.45) is 5.73 Å². The van der Waals surface area contributed by atoms with E-state index in [0.29, 0.717) is 6.54 Å². The predicted octanol–water partition coefficient (Wildman–Crippen LogP) is 2.67. The summed E-state index contributed by atoms with van der Waals surface area (Å²) in [5.74, 6) is 0.990. The van der Waals surface area contributed by atoms with Gasteiger partial charge in [-0.15, -0.1) is 0 Å². The van der Waals surface area contributed by atoms with Gasteiger partial charge in [-0.2, -0.15) is 0 Å². The highest BCUT2D eigenvalue weighted by Crippen LogP contribution is 2.42. The molecule has 4 nitrogen and oxygen atoms in total. The van der Waals surface area contributed by atoms with Crippen molar-refractivity contribution in [3.8, 4) is 5.75 Å². The third-order valence-corrected chi connectivity index (χ3v) is 4.74. The van der Waals surface area contributed by atoms with Crippen LogP contribution in [0.1, 0.15) is 50.2 Å². The van der Waals surface area contributed by atoms with E-state index in [-0.39, 0.29) is 11.9 Å². The number of hydrogen-bond acceptors (Lipinski definition) is 3. The number of aryl methyl sites for hydroxylation is 1. The van der Waals surface area contributed by atoms with Gasteiger partial charge in [0, 0.05) is 12.6 Å². The van der Waals surface area contributed by atoms with Crippen LogP contribution in [0.4, 0.5) is 0 Å². The minimum absolute atomic E-state index is 0.110. The summed E-state index contributed by atoms with van der Waals surface area (Å²) >= 11 is 0. The molecular formula is C18H28N2O2.